The summed E-state index contributed by atoms with van der Waals surface area (Å²) in [5.74, 6) is 1.21. The topological polar surface area (TPSA) is 77.3 Å². The Morgan fingerprint density at radius 1 is 1.39 bits per heavy atom. The molecule has 1 atom stereocenters. The Kier molecular flexibility index (Phi) is 3.25. The number of hydrogen-bond acceptors (Lipinski definition) is 5. The minimum atomic E-state index is -0.0246. The van der Waals surface area contributed by atoms with Crippen LogP contribution >= 0.6 is 0 Å². The lowest BCUT2D eigenvalue weighted by Crippen LogP contribution is -2.28. The fraction of sp³-hybridized carbons (Fsp3) is 0.312. The maximum Gasteiger partial charge on any atom is 0.257 e. The molecule has 7 nitrogen and oxygen atoms in total. The van der Waals surface area contributed by atoms with E-state index in [1.165, 1.54) is 12.5 Å². The first-order valence-electron chi connectivity index (χ1n) is 7.49. The summed E-state index contributed by atoms with van der Waals surface area (Å²) in [4.78, 5) is 18.6. The van der Waals surface area contributed by atoms with Gasteiger partial charge in [0.1, 0.15) is 6.26 Å². The number of hydrogen-bond donors (Lipinski definition) is 0. The van der Waals surface area contributed by atoms with Crippen LogP contribution in [-0.2, 0) is 7.05 Å². The monoisotopic (exact) mass is 312 g/mol. The summed E-state index contributed by atoms with van der Waals surface area (Å²) in [7, 11) is 1.94. The third-order valence-electron chi connectivity index (χ3n) is 4.21. The Morgan fingerprint density at radius 3 is 3.04 bits per heavy atom. The maximum absolute atomic E-state index is 12.3. The van der Waals surface area contributed by atoms with Gasteiger partial charge < -0.3 is 18.4 Å². The fourth-order valence-corrected chi connectivity index (χ4v) is 2.91. The van der Waals surface area contributed by atoms with Gasteiger partial charge in [-0.05, 0) is 24.6 Å². The van der Waals surface area contributed by atoms with Crippen molar-refractivity contribution in [3.05, 3.63) is 48.4 Å². The highest BCUT2D eigenvalue weighted by Gasteiger charge is 2.32. The third-order valence-corrected chi connectivity index (χ3v) is 4.21. The lowest BCUT2D eigenvalue weighted by Gasteiger charge is -2.14. The summed E-state index contributed by atoms with van der Waals surface area (Å²) in [6, 6.07) is 5.56. The number of nitrogens with zero attached hydrogens (tertiary/aromatic N) is 4. The number of aryl methyl sites for hydroxylation is 1. The van der Waals surface area contributed by atoms with Crippen LogP contribution in [0.25, 0.3) is 11.5 Å². The molecule has 0 saturated carbocycles. The van der Waals surface area contributed by atoms with E-state index < -0.39 is 0 Å². The SMILES string of the molecule is Cn1cccc1-c1noc(C2CCN(C(=O)c3ccoc3)C2)n1. The van der Waals surface area contributed by atoms with Gasteiger partial charge in [-0.1, -0.05) is 5.16 Å². The van der Waals surface area contributed by atoms with Crippen LogP contribution in [0.4, 0.5) is 0 Å². The lowest BCUT2D eigenvalue weighted by molar-refractivity contribution is 0.0789. The number of furan rings is 1. The van der Waals surface area contributed by atoms with Crippen LogP contribution in [0.2, 0.25) is 0 Å². The summed E-state index contributed by atoms with van der Waals surface area (Å²) in [5, 5.41) is 4.06. The van der Waals surface area contributed by atoms with E-state index >= 15 is 0 Å². The van der Waals surface area contributed by atoms with Crippen molar-refractivity contribution in [2.75, 3.05) is 13.1 Å². The summed E-state index contributed by atoms with van der Waals surface area (Å²) in [5.41, 5.74) is 1.48. The molecule has 3 aromatic heterocycles. The molecular weight excluding hydrogens is 296 g/mol. The highest BCUT2D eigenvalue weighted by atomic mass is 16.5. The molecule has 4 heterocycles. The molecule has 7 heteroatoms. The molecule has 1 saturated heterocycles. The van der Waals surface area contributed by atoms with Crippen LogP contribution in [0.5, 0.6) is 0 Å². The van der Waals surface area contributed by atoms with Crippen LogP contribution in [0.15, 0.2) is 45.9 Å². The van der Waals surface area contributed by atoms with Gasteiger partial charge >= 0.3 is 0 Å². The Labute approximate surface area is 132 Å². The summed E-state index contributed by atoms with van der Waals surface area (Å²) < 4.78 is 12.3. The molecule has 0 bridgehead atoms. The van der Waals surface area contributed by atoms with E-state index in [0.717, 1.165) is 12.1 Å². The summed E-state index contributed by atoms with van der Waals surface area (Å²) in [6.07, 6.45) is 5.73. The molecule has 0 aliphatic carbocycles. The van der Waals surface area contributed by atoms with Crippen molar-refractivity contribution in [3.63, 3.8) is 0 Å². The Hall–Kier alpha value is -2.83. The zero-order chi connectivity index (χ0) is 15.8. The molecule has 1 aliphatic rings. The standard InChI is InChI=1S/C16H16N4O3/c1-19-6-2-3-13(19)14-17-15(23-18-14)11-4-7-20(9-11)16(21)12-5-8-22-10-12/h2-3,5-6,8,10-11H,4,7,9H2,1H3. The maximum atomic E-state index is 12.3. The van der Waals surface area contributed by atoms with E-state index in [-0.39, 0.29) is 11.8 Å². The van der Waals surface area contributed by atoms with Crippen molar-refractivity contribution < 1.29 is 13.7 Å². The van der Waals surface area contributed by atoms with Gasteiger partial charge in [-0.15, -0.1) is 0 Å². The molecule has 118 valence electrons. The predicted octanol–water partition coefficient (Wildman–Crippen LogP) is 2.30. The molecule has 23 heavy (non-hydrogen) atoms. The van der Waals surface area contributed by atoms with E-state index in [4.69, 9.17) is 8.94 Å². The van der Waals surface area contributed by atoms with Gasteiger partial charge in [0.2, 0.25) is 11.7 Å². The minimum Gasteiger partial charge on any atom is -0.472 e. The first kappa shape index (κ1) is 13.8. The van der Waals surface area contributed by atoms with E-state index in [2.05, 4.69) is 10.1 Å². The molecule has 0 N–H and O–H groups in total. The van der Waals surface area contributed by atoms with Crippen LogP contribution in [0.3, 0.4) is 0 Å². The van der Waals surface area contributed by atoms with Gasteiger partial charge in [-0.25, -0.2) is 0 Å². The van der Waals surface area contributed by atoms with Crippen molar-refractivity contribution >= 4 is 5.91 Å². The van der Waals surface area contributed by atoms with Gasteiger partial charge in [0.05, 0.1) is 23.4 Å². The van der Waals surface area contributed by atoms with Crippen molar-refractivity contribution in [1.29, 1.82) is 0 Å². The number of amides is 1. The first-order chi connectivity index (χ1) is 11.2. The quantitative estimate of drug-likeness (QED) is 0.741. The largest absolute Gasteiger partial charge is 0.472 e. The minimum absolute atomic E-state index is 0.0246. The van der Waals surface area contributed by atoms with Gasteiger partial charge in [0.25, 0.3) is 5.91 Å². The molecule has 1 unspecified atom stereocenters. The average Bonchev–Trinajstić information content (AvgIpc) is 3.32. The molecular formula is C16H16N4O3. The predicted molar refractivity (Wildman–Crippen MR) is 80.7 cm³/mol. The Morgan fingerprint density at radius 2 is 2.30 bits per heavy atom. The third kappa shape index (κ3) is 2.44. The van der Waals surface area contributed by atoms with E-state index in [1.807, 2.05) is 29.9 Å². The molecule has 1 aliphatic heterocycles. The molecule has 0 spiro atoms. The van der Waals surface area contributed by atoms with Crippen molar-refractivity contribution in [2.45, 2.75) is 12.3 Å². The smallest absolute Gasteiger partial charge is 0.257 e. The molecule has 4 rings (SSSR count). The van der Waals surface area contributed by atoms with E-state index in [9.17, 15) is 4.79 Å². The Bertz CT molecular complexity index is 818. The van der Waals surface area contributed by atoms with Crippen molar-refractivity contribution in [3.8, 4) is 11.5 Å². The average molecular weight is 312 g/mol. The van der Waals surface area contributed by atoms with Crippen LogP contribution in [-0.4, -0.2) is 38.6 Å². The number of rotatable bonds is 3. The summed E-state index contributed by atoms with van der Waals surface area (Å²) in [6.45, 7) is 1.26. The molecule has 0 aromatic carbocycles. The highest BCUT2D eigenvalue weighted by molar-refractivity contribution is 5.94. The normalized spacial score (nSPS) is 17.8. The molecule has 1 amide bonds. The second-order valence-corrected chi connectivity index (χ2v) is 5.71. The van der Waals surface area contributed by atoms with Crippen LogP contribution in [0, 0.1) is 0 Å². The zero-order valence-corrected chi connectivity index (χ0v) is 12.7. The van der Waals surface area contributed by atoms with E-state index in [0.29, 0.717) is 30.4 Å². The van der Waals surface area contributed by atoms with Gasteiger partial charge in [-0.2, -0.15) is 4.98 Å². The Balaban J connectivity index is 1.49. The summed E-state index contributed by atoms with van der Waals surface area (Å²) >= 11 is 0. The van der Waals surface area contributed by atoms with Crippen molar-refractivity contribution in [2.24, 2.45) is 7.05 Å². The second-order valence-electron chi connectivity index (χ2n) is 5.71. The second kappa shape index (κ2) is 5.42. The highest BCUT2D eigenvalue weighted by Crippen LogP contribution is 2.28. The van der Waals surface area contributed by atoms with Crippen molar-refractivity contribution in [1.82, 2.24) is 19.6 Å². The van der Waals surface area contributed by atoms with Gasteiger partial charge in [-0.3, -0.25) is 4.79 Å². The number of likely N-dealkylation sites (tertiary alicyclic amines) is 1. The number of aromatic nitrogens is 3. The molecule has 3 aromatic rings. The molecule has 0 radical (unpaired) electrons. The number of carbonyl (C=O) groups is 1. The molecule has 1 fully saturated rings. The lowest BCUT2D eigenvalue weighted by atomic mass is 10.1. The van der Waals surface area contributed by atoms with E-state index in [1.54, 1.807) is 11.0 Å². The fourth-order valence-electron chi connectivity index (χ4n) is 2.91. The van der Waals surface area contributed by atoms with Crippen LogP contribution < -0.4 is 0 Å². The van der Waals surface area contributed by atoms with Gasteiger partial charge in [0, 0.05) is 26.3 Å². The first-order valence-corrected chi connectivity index (χ1v) is 7.49. The van der Waals surface area contributed by atoms with Crippen LogP contribution in [0.1, 0.15) is 28.6 Å². The number of carbonyl (C=O) groups excluding carboxylic acids is 1. The van der Waals surface area contributed by atoms with Gasteiger partial charge in [0.15, 0.2) is 0 Å². The zero-order valence-electron chi connectivity index (χ0n) is 12.7.